The summed E-state index contributed by atoms with van der Waals surface area (Å²) in [6, 6.07) is -0.813. The lowest BCUT2D eigenvalue weighted by Gasteiger charge is -2.15. The first-order valence-corrected chi connectivity index (χ1v) is 5.89. The van der Waals surface area contributed by atoms with Crippen molar-refractivity contribution in [1.29, 1.82) is 0 Å². The minimum Gasteiger partial charge on any atom is -0.480 e. The van der Waals surface area contributed by atoms with Gasteiger partial charge in [0.2, 0.25) is 0 Å². The fourth-order valence-electron chi connectivity index (χ4n) is 1.38. The number of nitrogens with zero attached hydrogens (tertiary/aromatic N) is 1. The third-order valence-corrected chi connectivity index (χ3v) is 2.60. The molecule has 0 amide bonds. The van der Waals surface area contributed by atoms with Crippen LogP contribution in [-0.4, -0.2) is 29.5 Å². The minimum absolute atomic E-state index is 0.172. The van der Waals surface area contributed by atoms with Crippen LogP contribution in [-0.2, 0) is 4.79 Å². The van der Waals surface area contributed by atoms with Gasteiger partial charge in [0.1, 0.15) is 6.04 Å². The highest BCUT2D eigenvalue weighted by molar-refractivity contribution is 5.81. The number of hydrogen-bond acceptors (Lipinski definition) is 3. The molecule has 5 N–H and O–H groups in total. The highest BCUT2D eigenvalue weighted by atomic mass is 16.4. The van der Waals surface area contributed by atoms with Crippen molar-refractivity contribution in [1.82, 2.24) is 0 Å². The number of allylic oxidation sites excluding steroid dienone is 1. The maximum Gasteiger partial charge on any atom is 0.320 e. The van der Waals surface area contributed by atoms with Crippen LogP contribution >= 0.6 is 0 Å². The van der Waals surface area contributed by atoms with E-state index in [1.54, 1.807) is 0 Å². The molecule has 0 aromatic heterocycles. The number of aliphatic carboxylic acids is 1. The number of amidine groups is 1. The van der Waals surface area contributed by atoms with E-state index in [-0.39, 0.29) is 5.92 Å². The standard InChI is InChI=1S/C12H23N3O2/c1-3-5-6-11(14)15-8-9(4-2)7-10(13)12(16)17/h3,5,9-10H,4,6-8,13H2,1-2H3,(H2,14,15)(H,16,17)/t9?,10-/m0/s1. The molecule has 0 heterocycles. The Bertz CT molecular complexity index is 287. The maximum absolute atomic E-state index is 10.6. The van der Waals surface area contributed by atoms with Crippen LogP contribution in [0.4, 0.5) is 0 Å². The van der Waals surface area contributed by atoms with Gasteiger partial charge < -0.3 is 16.6 Å². The van der Waals surface area contributed by atoms with E-state index < -0.39 is 12.0 Å². The van der Waals surface area contributed by atoms with Crippen molar-refractivity contribution in [3.8, 4) is 0 Å². The van der Waals surface area contributed by atoms with Gasteiger partial charge in [0.05, 0.1) is 5.84 Å². The van der Waals surface area contributed by atoms with Crippen LogP contribution in [0.5, 0.6) is 0 Å². The average molecular weight is 241 g/mol. The van der Waals surface area contributed by atoms with Crippen molar-refractivity contribution in [2.24, 2.45) is 22.4 Å². The summed E-state index contributed by atoms with van der Waals surface area (Å²) in [5.74, 6) is -0.218. The second kappa shape index (κ2) is 8.75. The number of carboxylic acid groups (broad SMARTS) is 1. The third kappa shape index (κ3) is 7.52. The first-order valence-electron chi connectivity index (χ1n) is 5.89. The van der Waals surface area contributed by atoms with Gasteiger partial charge in [-0.1, -0.05) is 25.5 Å². The average Bonchev–Trinajstić information content (AvgIpc) is 2.31. The number of carbonyl (C=O) groups is 1. The molecule has 0 aromatic rings. The van der Waals surface area contributed by atoms with Gasteiger partial charge in [-0.05, 0) is 19.3 Å². The summed E-state index contributed by atoms with van der Waals surface area (Å²) in [5.41, 5.74) is 11.2. The Labute approximate surface area is 103 Å². The van der Waals surface area contributed by atoms with E-state index >= 15 is 0 Å². The molecule has 2 atom stereocenters. The van der Waals surface area contributed by atoms with Gasteiger partial charge in [0.25, 0.3) is 0 Å². The summed E-state index contributed by atoms with van der Waals surface area (Å²) in [6.07, 6.45) is 5.77. The number of rotatable bonds is 8. The van der Waals surface area contributed by atoms with Gasteiger partial charge in [-0.2, -0.15) is 0 Å². The van der Waals surface area contributed by atoms with Gasteiger partial charge in [-0.25, -0.2) is 0 Å². The highest BCUT2D eigenvalue weighted by Gasteiger charge is 2.17. The van der Waals surface area contributed by atoms with Crippen molar-refractivity contribution in [3.05, 3.63) is 12.2 Å². The Kier molecular flexibility index (Phi) is 8.05. The maximum atomic E-state index is 10.6. The van der Waals surface area contributed by atoms with Crippen LogP contribution in [0.15, 0.2) is 17.1 Å². The number of aliphatic imine (C=N–C) groups is 1. The van der Waals surface area contributed by atoms with Crippen LogP contribution < -0.4 is 11.5 Å². The molecule has 0 aliphatic carbocycles. The van der Waals surface area contributed by atoms with E-state index in [1.807, 2.05) is 26.0 Å². The molecule has 0 aromatic carbocycles. The minimum atomic E-state index is -0.964. The highest BCUT2D eigenvalue weighted by Crippen LogP contribution is 2.11. The summed E-state index contributed by atoms with van der Waals surface area (Å²) in [4.78, 5) is 14.9. The van der Waals surface area contributed by atoms with Crippen molar-refractivity contribution in [2.75, 3.05) is 6.54 Å². The predicted molar refractivity (Wildman–Crippen MR) is 69.9 cm³/mol. The summed E-state index contributed by atoms with van der Waals surface area (Å²) in [6.45, 7) is 4.46. The molecule has 0 spiro atoms. The molecule has 0 aliphatic rings. The molecule has 1 unspecified atom stereocenters. The van der Waals surface area contributed by atoms with Gasteiger partial charge in [0, 0.05) is 13.0 Å². The first kappa shape index (κ1) is 15.6. The van der Waals surface area contributed by atoms with E-state index in [9.17, 15) is 4.79 Å². The van der Waals surface area contributed by atoms with Gasteiger partial charge in [-0.3, -0.25) is 9.79 Å². The largest absolute Gasteiger partial charge is 0.480 e. The van der Waals surface area contributed by atoms with E-state index in [0.717, 1.165) is 6.42 Å². The van der Waals surface area contributed by atoms with E-state index in [2.05, 4.69) is 4.99 Å². The van der Waals surface area contributed by atoms with Crippen LogP contribution in [0.2, 0.25) is 0 Å². The molecule has 17 heavy (non-hydrogen) atoms. The number of hydrogen-bond donors (Lipinski definition) is 3. The molecule has 0 radical (unpaired) electrons. The molecule has 0 bridgehead atoms. The molecule has 98 valence electrons. The zero-order valence-corrected chi connectivity index (χ0v) is 10.6. The Morgan fingerprint density at radius 1 is 1.53 bits per heavy atom. The topological polar surface area (TPSA) is 102 Å². The monoisotopic (exact) mass is 241 g/mol. The van der Waals surface area contributed by atoms with Crippen molar-refractivity contribution in [2.45, 2.75) is 39.2 Å². The zero-order chi connectivity index (χ0) is 13.3. The lowest BCUT2D eigenvalue weighted by molar-refractivity contribution is -0.138. The Balaban J connectivity index is 4.17. The molecule has 0 aliphatic heterocycles. The van der Waals surface area contributed by atoms with Crippen LogP contribution in [0.3, 0.4) is 0 Å². The lowest BCUT2D eigenvalue weighted by Crippen LogP contribution is -2.33. The number of nitrogens with two attached hydrogens (primary N) is 2. The summed E-state index contributed by atoms with van der Waals surface area (Å²) < 4.78 is 0. The van der Waals surface area contributed by atoms with Crippen LogP contribution in [0, 0.1) is 5.92 Å². The summed E-state index contributed by atoms with van der Waals surface area (Å²) >= 11 is 0. The quantitative estimate of drug-likeness (QED) is 0.337. The van der Waals surface area contributed by atoms with E-state index in [0.29, 0.717) is 25.2 Å². The predicted octanol–water partition coefficient (Wildman–Crippen LogP) is 1.14. The fraction of sp³-hybridized carbons (Fsp3) is 0.667. The fourth-order valence-corrected chi connectivity index (χ4v) is 1.38. The van der Waals surface area contributed by atoms with Crippen molar-refractivity contribution in [3.63, 3.8) is 0 Å². The first-order chi connectivity index (χ1) is 8.01. The van der Waals surface area contributed by atoms with E-state index in [4.69, 9.17) is 16.6 Å². The second-order valence-corrected chi connectivity index (χ2v) is 4.06. The lowest BCUT2D eigenvalue weighted by atomic mass is 9.98. The molecule has 5 nitrogen and oxygen atoms in total. The molecule has 5 heteroatoms. The van der Waals surface area contributed by atoms with Gasteiger partial charge in [0.15, 0.2) is 0 Å². The SMILES string of the molecule is CC=CCC(N)=NCC(CC)C[C@H](N)C(=O)O. The van der Waals surface area contributed by atoms with Crippen molar-refractivity contribution >= 4 is 11.8 Å². The zero-order valence-electron chi connectivity index (χ0n) is 10.6. The van der Waals surface area contributed by atoms with Crippen molar-refractivity contribution < 1.29 is 9.90 Å². The van der Waals surface area contributed by atoms with Gasteiger partial charge in [-0.15, -0.1) is 0 Å². The second-order valence-electron chi connectivity index (χ2n) is 4.06. The normalized spacial score (nSPS) is 16.1. The Morgan fingerprint density at radius 2 is 2.18 bits per heavy atom. The Morgan fingerprint density at radius 3 is 2.65 bits per heavy atom. The summed E-state index contributed by atoms with van der Waals surface area (Å²) in [5, 5.41) is 8.73. The number of carboxylic acids is 1. The van der Waals surface area contributed by atoms with Crippen LogP contribution in [0.1, 0.15) is 33.1 Å². The molecule has 0 saturated heterocycles. The molecule has 0 saturated carbocycles. The van der Waals surface area contributed by atoms with Gasteiger partial charge >= 0.3 is 5.97 Å². The molecule has 0 rings (SSSR count). The Hall–Kier alpha value is -1.36. The molecule has 0 fully saturated rings. The van der Waals surface area contributed by atoms with E-state index in [1.165, 1.54) is 0 Å². The molecular formula is C12H23N3O2. The molecular weight excluding hydrogens is 218 g/mol. The smallest absolute Gasteiger partial charge is 0.320 e. The summed E-state index contributed by atoms with van der Waals surface area (Å²) in [7, 11) is 0. The van der Waals surface area contributed by atoms with Crippen LogP contribution in [0.25, 0.3) is 0 Å². The third-order valence-electron chi connectivity index (χ3n) is 2.60.